The molecular weight excluding hydrogens is 248 g/mol. The fraction of sp³-hybridized carbons (Fsp3) is 0.556. The quantitative estimate of drug-likeness (QED) is 0.455. The molecule has 0 bridgehead atoms. The Bertz CT molecular complexity index is 207. The normalized spacial score (nSPS) is 11.8. The Morgan fingerprint density at radius 3 is 1.05 bits per heavy atom. The summed E-state index contributed by atoms with van der Waals surface area (Å²) in [6, 6.07) is 0. The lowest BCUT2D eigenvalue weighted by Crippen LogP contribution is -1.70. The third-order valence-electron chi connectivity index (χ3n) is 2.35. The van der Waals surface area contributed by atoms with Gasteiger partial charge in [-0.15, -0.1) is 0 Å². The van der Waals surface area contributed by atoms with E-state index in [9.17, 15) is 0 Å². The SMILES string of the molecule is CCC=CCCC=CCO.CCC=CCCC=CCO. The van der Waals surface area contributed by atoms with E-state index in [1.54, 1.807) is 12.2 Å². The van der Waals surface area contributed by atoms with Gasteiger partial charge in [-0.05, 0) is 38.5 Å². The van der Waals surface area contributed by atoms with Crippen LogP contribution in [-0.2, 0) is 0 Å². The van der Waals surface area contributed by atoms with Crippen molar-refractivity contribution >= 4 is 0 Å². The molecule has 0 amide bonds. The maximum atomic E-state index is 8.36. The first kappa shape index (κ1) is 21.2. The molecule has 0 spiro atoms. The lowest BCUT2D eigenvalue weighted by molar-refractivity contribution is 0.342. The van der Waals surface area contributed by atoms with E-state index in [2.05, 4.69) is 38.2 Å². The van der Waals surface area contributed by atoms with Gasteiger partial charge in [0, 0.05) is 0 Å². The molecular formula is C18H32O2. The molecule has 2 N–H and O–H groups in total. The standard InChI is InChI=1S/2C9H16O/c2*1-2-3-4-5-6-7-8-9-10/h2*3-4,7-8,10H,2,5-6,9H2,1H3. The van der Waals surface area contributed by atoms with Gasteiger partial charge in [0.15, 0.2) is 0 Å². The number of rotatable bonds is 10. The van der Waals surface area contributed by atoms with Crippen molar-refractivity contribution in [1.29, 1.82) is 0 Å². The van der Waals surface area contributed by atoms with E-state index in [1.807, 2.05) is 12.2 Å². The van der Waals surface area contributed by atoms with Crippen LogP contribution in [0.5, 0.6) is 0 Å². The van der Waals surface area contributed by atoms with Gasteiger partial charge < -0.3 is 10.2 Å². The minimum atomic E-state index is 0.164. The van der Waals surface area contributed by atoms with Crippen LogP contribution in [0.25, 0.3) is 0 Å². The first-order valence-electron chi connectivity index (χ1n) is 7.65. The minimum Gasteiger partial charge on any atom is -0.392 e. The molecule has 0 radical (unpaired) electrons. The summed E-state index contributed by atoms with van der Waals surface area (Å²) in [6.07, 6.45) is 22.7. The van der Waals surface area contributed by atoms with Gasteiger partial charge in [-0.1, -0.05) is 62.5 Å². The summed E-state index contributed by atoms with van der Waals surface area (Å²) in [6.45, 7) is 4.58. The van der Waals surface area contributed by atoms with Gasteiger partial charge in [0.1, 0.15) is 0 Å². The molecule has 0 aromatic rings. The Hall–Kier alpha value is -1.12. The highest BCUT2D eigenvalue weighted by molar-refractivity contribution is 4.87. The molecule has 0 saturated heterocycles. The Labute approximate surface area is 125 Å². The molecule has 0 rings (SSSR count). The van der Waals surface area contributed by atoms with Crippen LogP contribution in [0.3, 0.4) is 0 Å². The minimum absolute atomic E-state index is 0.164. The van der Waals surface area contributed by atoms with Crippen molar-refractivity contribution in [2.24, 2.45) is 0 Å². The maximum Gasteiger partial charge on any atom is 0.0612 e. The topological polar surface area (TPSA) is 40.5 Å². The molecule has 0 aliphatic heterocycles. The summed E-state index contributed by atoms with van der Waals surface area (Å²) in [4.78, 5) is 0. The van der Waals surface area contributed by atoms with Crippen LogP contribution in [-0.4, -0.2) is 23.4 Å². The van der Waals surface area contributed by atoms with E-state index in [-0.39, 0.29) is 13.2 Å². The molecule has 2 nitrogen and oxygen atoms in total. The zero-order chi connectivity index (χ0) is 15.3. The fourth-order valence-corrected chi connectivity index (χ4v) is 1.34. The monoisotopic (exact) mass is 280 g/mol. The van der Waals surface area contributed by atoms with Crippen molar-refractivity contribution in [2.45, 2.75) is 52.4 Å². The second kappa shape index (κ2) is 23.0. The Morgan fingerprint density at radius 2 is 0.800 bits per heavy atom. The van der Waals surface area contributed by atoms with Gasteiger partial charge in [0.05, 0.1) is 13.2 Å². The van der Waals surface area contributed by atoms with E-state index in [0.717, 1.165) is 38.5 Å². The molecule has 0 heterocycles. The molecule has 0 aromatic heterocycles. The van der Waals surface area contributed by atoms with Gasteiger partial charge in [-0.2, -0.15) is 0 Å². The van der Waals surface area contributed by atoms with Crippen LogP contribution < -0.4 is 0 Å². The van der Waals surface area contributed by atoms with Crippen LogP contribution >= 0.6 is 0 Å². The second-order valence-electron chi connectivity index (χ2n) is 4.22. The molecule has 2 heteroatoms. The molecule has 20 heavy (non-hydrogen) atoms. The molecule has 0 fully saturated rings. The smallest absolute Gasteiger partial charge is 0.0612 e. The van der Waals surface area contributed by atoms with Gasteiger partial charge in [-0.3, -0.25) is 0 Å². The van der Waals surface area contributed by atoms with Crippen LogP contribution in [0.4, 0.5) is 0 Å². The lowest BCUT2D eigenvalue weighted by Gasteiger charge is -1.84. The first-order valence-corrected chi connectivity index (χ1v) is 7.65. The number of hydrogen-bond acceptors (Lipinski definition) is 2. The van der Waals surface area contributed by atoms with Crippen molar-refractivity contribution in [3.8, 4) is 0 Å². The van der Waals surface area contributed by atoms with Crippen molar-refractivity contribution in [3.05, 3.63) is 48.6 Å². The van der Waals surface area contributed by atoms with Gasteiger partial charge in [-0.25, -0.2) is 0 Å². The predicted octanol–water partition coefficient (Wildman–Crippen LogP) is 4.56. The summed E-state index contributed by atoms with van der Waals surface area (Å²) in [5.41, 5.74) is 0. The van der Waals surface area contributed by atoms with Gasteiger partial charge in [0.2, 0.25) is 0 Å². The number of unbranched alkanes of at least 4 members (excludes halogenated alkanes) is 2. The fourth-order valence-electron chi connectivity index (χ4n) is 1.34. The summed E-state index contributed by atoms with van der Waals surface area (Å²) < 4.78 is 0. The Kier molecular flexibility index (Phi) is 24.4. The molecule has 0 saturated carbocycles. The van der Waals surface area contributed by atoms with Crippen molar-refractivity contribution < 1.29 is 10.2 Å². The molecule has 116 valence electrons. The van der Waals surface area contributed by atoms with Gasteiger partial charge >= 0.3 is 0 Å². The zero-order valence-electron chi connectivity index (χ0n) is 13.2. The predicted molar refractivity (Wildman–Crippen MR) is 89.8 cm³/mol. The van der Waals surface area contributed by atoms with E-state index < -0.39 is 0 Å². The van der Waals surface area contributed by atoms with Gasteiger partial charge in [0.25, 0.3) is 0 Å². The number of hydrogen-bond donors (Lipinski definition) is 2. The first-order chi connectivity index (χ1) is 9.83. The molecule has 0 atom stereocenters. The highest BCUT2D eigenvalue weighted by Crippen LogP contribution is 1.94. The second-order valence-corrected chi connectivity index (χ2v) is 4.22. The average molecular weight is 280 g/mol. The maximum absolute atomic E-state index is 8.36. The van der Waals surface area contributed by atoms with Crippen LogP contribution in [0.2, 0.25) is 0 Å². The van der Waals surface area contributed by atoms with E-state index in [0.29, 0.717) is 0 Å². The zero-order valence-corrected chi connectivity index (χ0v) is 13.2. The van der Waals surface area contributed by atoms with Crippen LogP contribution in [0.15, 0.2) is 48.6 Å². The van der Waals surface area contributed by atoms with Crippen molar-refractivity contribution in [3.63, 3.8) is 0 Å². The highest BCUT2D eigenvalue weighted by atomic mass is 16.3. The van der Waals surface area contributed by atoms with Crippen LogP contribution in [0, 0.1) is 0 Å². The Morgan fingerprint density at radius 1 is 0.500 bits per heavy atom. The third-order valence-corrected chi connectivity index (χ3v) is 2.35. The van der Waals surface area contributed by atoms with Crippen molar-refractivity contribution in [1.82, 2.24) is 0 Å². The number of aliphatic hydroxyl groups is 2. The van der Waals surface area contributed by atoms with E-state index in [4.69, 9.17) is 10.2 Å². The summed E-state index contributed by atoms with van der Waals surface area (Å²) in [5.74, 6) is 0. The van der Waals surface area contributed by atoms with Crippen molar-refractivity contribution in [2.75, 3.05) is 13.2 Å². The summed E-state index contributed by atoms with van der Waals surface area (Å²) in [7, 11) is 0. The summed E-state index contributed by atoms with van der Waals surface area (Å²) >= 11 is 0. The summed E-state index contributed by atoms with van der Waals surface area (Å²) in [5, 5.41) is 16.7. The van der Waals surface area contributed by atoms with E-state index >= 15 is 0 Å². The van der Waals surface area contributed by atoms with Crippen LogP contribution in [0.1, 0.15) is 52.4 Å². The molecule has 0 aliphatic carbocycles. The molecule has 0 aliphatic rings. The van der Waals surface area contributed by atoms with E-state index in [1.165, 1.54) is 0 Å². The highest BCUT2D eigenvalue weighted by Gasteiger charge is 1.75. The lowest BCUT2D eigenvalue weighted by atomic mass is 10.2. The number of allylic oxidation sites excluding steroid dienone is 6. The molecule has 0 unspecified atom stereocenters. The Balaban J connectivity index is 0. The average Bonchev–Trinajstić information content (AvgIpc) is 2.47. The third kappa shape index (κ3) is 25.7. The molecule has 0 aromatic carbocycles. The number of aliphatic hydroxyl groups excluding tert-OH is 2. The largest absolute Gasteiger partial charge is 0.392 e.